The molecule has 2 heterocycles. The summed E-state index contributed by atoms with van der Waals surface area (Å²) in [5.41, 5.74) is 2.56. The van der Waals surface area contributed by atoms with Gasteiger partial charge in [-0.1, -0.05) is 13.8 Å². The summed E-state index contributed by atoms with van der Waals surface area (Å²) in [6.07, 6.45) is 6.69. The fourth-order valence-corrected chi connectivity index (χ4v) is 4.27. The standard InChI is InChI=1S/C24H35BrN2O3/c1-10-17-19(25)20(27-13-11-24(8,9)12-14-27)18(16(4)26-17)21(30-23(5,6)7)22(28)29-15(2)3/h1,15,21H,11-14H2,2-9H3/t21-/m0/s1. The Kier molecular flexibility index (Phi) is 7.63. The first-order valence-corrected chi connectivity index (χ1v) is 11.3. The molecule has 6 heteroatoms. The Balaban J connectivity index is 2.66. The number of hydrogen-bond donors (Lipinski definition) is 0. The van der Waals surface area contributed by atoms with Gasteiger partial charge in [-0.2, -0.15) is 0 Å². The molecule has 1 aliphatic heterocycles. The number of rotatable bonds is 5. The van der Waals surface area contributed by atoms with E-state index in [-0.39, 0.29) is 11.5 Å². The largest absolute Gasteiger partial charge is 0.461 e. The maximum Gasteiger partial charge on any atom is 0.340 e. The van der Waals surface area contributed by atoms with Crippen LogP contribution in [0.5, 0.6) is 0 Å². The molecule has 0 unspecified atom stereocenters. The van der Waals surface area contributed by atoms with Gasteiger partial charge in [-0.3, -0.25) is 0 Å². The van der Waals surface area contributed by atoms with Crippen LogP contribution in [0.25, 0.3) is 0 Å². The van der Waals surface area contributed by atoms with Gasteiger partial charge in [0.2, 0.25) is 0 Å². The van der Waals surface area contributed by atoms with E-state index in [0.29, 0.717) is 11.4 Å². The highest BCUT2D eigenvalue weighted by molar-refractivity contribution is 9.10. The summed E-state index contributed by atoms with van der Waals surface area (Å²) in [6.45, 7) is 17.7. The molecule has 1 saturated heterocycles. The van der Waals surface area contributed by atoms with Crippen LogP contribution in [-0.2, 0) is 14.3 Å². The number of pyridine rings is 1. The molecule has 1 atom stereocenters. The Morgan fingerprint density at radius 2 is 1.83 bits per heavy atom. The monoisotopic (exact) mass is 478 g/mol. The van der Waals surface area contributed by atoms with Crippen LogP contribution in [0, 0.1) is 24.7 Å². The minimum Gasteiger partial charge on any atom is -0.461 e. The molecule has 0 saturated carbocycles. The number of nitrogens with zero attached hydrogens (tertiary/aromatic N) is 2. The van der Waals surface area contributed by atoms with Crippen LogP contribution < -0.4 is 4.90 Å². The molecule has 0 spiro atoms. The molecule has 0 amide bonds. The van der Waals surface area contributed by atoms with Gasteiger partial charge >= 0.3 is 5.97 Å². The molecule has 1 fully saturated rings. The lowest BCUT2D eigenvalue weighted by Crippen LogP contribution is -2.39. The van der Waals surface area contributed by atoms with E-state index in [0.717, 1.165) is 41.7 Å². The Hall–Kier alpha value is -1.58. The highest BCUT2D eigenvalue weighted by Gasteiger charge is 2.37. The van der Waals surface area contributed by atoms with E-state index < -0.39 is 17.7 Å². The van der Waals surface area contributed by atoms with Gasteiger partial charge in [-0.05, 0) is 81.6 Å². The van der Waals surface area contributed by atoms with Crippen molar-refractivity contribution in [3.05, 3.63) is 21.4 Å². The number of aromatic nitrogens is 1. The summed E-state index contributed by atoms with van der Waals surface area (Å²) in [5, 5.41) is 0. The van der Waals surface area contributed by atoms with E-state index >= 15 is 0 Å². The number of piperidine rings is 1. The minimum atomic E-state index is -0.895. The second kappa shape index (κ2) is 9.28. The van der Waals surface area contributed by atoms with Gasteiger partial charge < -0.3 is 14.4 Å². The highest BCUT2D eigenvalue weighted by atomic mass is 79.9. The molecule has 166 valence electrons. The van der Waals surface area contributed by atoms with Gasteiger partial charge in [0.15, 0.2) is 6.10 Å². The van der Waals surface area contributed by atoms with Crippen LogP contribution in [-0.4, -0.2) is 35.7 Å². The van der Waals surface area contributed by atoms with Crippen molar-refractivity contribution in [1.82, 2.24) is 4.98 Å². The predicted molar refractivity (Wildman–Crippen MR) is 125 cm³/mol. The van der Waals surface area contributed by atoms with Crippen molar-refractivity contribution in [1.29, 1.82) is 0 Å². The third kappa shape index (κ3) is 5.98. The van der Waals surface area contributed by atoms with Crippen molar-refractivity contribution >= 4 is 27.6 Å². The molecule has 1 aromatic heterocycles. The van der Waals surface area contributed by atoms with E-state index in [9.17, 15) is 4.79 Å². The average molecular weight is 479 g/mol. The normalized spacial score (nSPS) is 17.6. The zero-order valence-electron chi connectivity index (χ0n) is 19.6. The average Bonchev–Trinajstić information content (AvgIpc) is 2.60. The maximum atomic E-state index is 13.1. The van der Waals surface area contributed by atoms with E-state index in [1.54, 1.807) is 0 Å². The topological polar surface area (TPSA) is 51.7 Å². The predicted octanol–water partition coefficient (Wildman–Crippen LogP) is 5.57. The zero-order chi connectivity index (χ0) is 22.9. The molecule has 0 bridgehead atoms. The van der Waals surface area contributed by atoms with Gasteiger partial charge in [0.1, 0.15) is 5.69 Å². The number of esters is 1. The quantitative estimate of drug-likeness (QED) is 0.408. The molecular weight excluding hydrogens is 444 g/mol. The second-order valence-corrected chi connectivity index (χ2v) is 10.8. The van der Waals surface area contributed by atoms with Crippen LogP contribution in [0.2, 0.25) is 0 Å². The van der Waals surface area contributed by atoms with E-state index in [1.807, 2.05) is 41.5 Å². The molecule has 1 aromatic rings. The van der Waals surface area contributed by atoms with Gasteiger partial charge in [0.05, 0.1) is 21.9 Å². The van der Waals surface area contributed by atoms with Gasteiger partial charge in [0.25, 0.3) is 0 Å². The lowest BCUT2D eigenvalue weighted by molar-refractivity contribution is -0.171. The molecule has 30 heavy (non-hydrogen) atoms. The second-order valence-electron chi connectivity index (χ2n) is 10.0. The highest BCUT2D eigenvalue weighted by Crippen LogP contribution is 2.43. The molecule has 0 radical (unpaired) electrons. The Morgan fingerprint density at radius 3 is 2.30 bits per heavy atom. The zero-order valence-corrected chi connectivity index (χ0v) is 21.1. The summed E-state index contributed by atoms with van der Waals surface area (Å²) < 4.78 is 12.6. The minimum absolute atomic E-state index is 0.246. The first kappa shape index (κ1) is 24.7. The van der Waals surface area contributed by atoms with Gasteiger partial charge in [-0.15, -0.1) is 6.42 Å². The van der Waals surface area contributed by atoms with E-state index in [4.69, 9.17) is 15.9 Å². The van der Waals surface area contributed by atoms with Crippen molar-refractivity contribution in [2.75, 3.05) is 18.0 Å². The lowest BCUT2D eigenvalue weighted by atomic mass is 9.82. The van der Waals surface area contributed by atoms with Crippen LogP contribution in [0.15, 0.2) is 4.47 Å². The molecule has 0 aliphatic carbocycles. The van der Waals surface area contributed by atoms with Crippen LogP contribution in [0.4, 0.5) is 5.69 Å². The number of carbonyl (C=O) groups is 1. The summed E-state index contributed by atoms with van der Waals surface area (Å²) in [6, 6.07) is 0. The fraction of sp³-hybridized carbons (Fsp3) is 0.667. The smallest absolute Gasteiger partial charge is 0.340 e. The van der Waals surface area contributed by atoms with Gasteiger partial charge in [-0.25, -0.2) is 9.78 Å². The van der Waals surface area contributed by atoms with Crippen LogP contribution in [0.1, 0.15) is 84.4 Å². The Labute approximate surface area is 190 Å². The third-order valence-electron chi connectivity index (χ3n) is 5.21. The van der Waals surface area contributed by atoms with Crippen LogP contribution >= 0.6 is 15.9 Å². The number of anilines is 1. The fourth-order valence-electron chi connectivity index (χ4n) is 3.61. The number of terminal acetylenes is 1. The van der Waals surface area contributed by atoms with Crippen molar-refractivity contribution in [2.45, 2.75) is 86.0 Å². The van der Waals surface area contributed by atoms with Crippen molar-refractivity contribution in [2.24, 2.45) is 5.41 Å². The lowest BCUT2D eigenvalue weighted by Gasteiger charge is -2.40. The summed E-state index contributed by atoms with van der Waals surface area (Å²) in [7, 11) is 0. The summed E-state index contributed by atoms with van der Waals surface area (Å²) in [4.78, 5) is 20.0. The molecule has 0 aromatic carbocycles. The number of carbonyl (C=O) groups excluding carboxylic acids is 1. The van der Waals surface area contributed by atoms with E-state index in [2.05, 4.69) is 45.6 Å². The molecular formula is C24H35BrN2O3. The van der Waals surface area contributed by atoms with Crippen LogP contribution in [0.3, 0.4) is 0 Å². The van der Waals surface area contributed by atoms with Crippen molar-refractivity contribution < 1.29 is 14.3 Å². The maximum absolute atomic E-state index is 13.1. The molecule has 2 rings (SSSR count). The number of ether oxygens (including phenoxy) is 2. The Morgan fingerprint density at radius 1 is 1.27 bits per heavy atom. The van der Waals surface area contributed by atoms with Crippen molar-refractivity contribution in [3.63, 3.8) is 0 Å². The first-order chi connectivity index (χ1) is 13.8. The third-order valence-corrected chi connectivity index (χ3v) is 5.96. The van der Waals surface area contributed by atoms with E-state index in [1.165, 1.54) is 0 Å². The molecule has 5 nitrogen and oxygen atoms in total. The first-order valence-electron chi connectivity index (χ1n) is 10.6. The number of hydrogen-bond acceptors (Lipinski definition) is 5. The summed E-state index contributed by atoms with van der Waals surface area (Å²) in [5.74, 6) is 2.25. The number of halogens is 1. The number of aryl methyl sites for hydroxylation is 1. The SMILES string of the molecule is C#Cc1nc(C)c([C@H](OC(C)(C)C)C(=O)OC(C)C)c(N2CCC(C)(C)CC2)c1Br. The Bertz CT molecular complexity index is 824. The molecule has 1 aliphatic rings. The molecule has 0 N–H and O–H groups in total. The summed E-state index contributed by atoms with van der Waals surface area (Å²) >= 11 is 3.68. The van der Waals surface area contributed by atoms with Gasteiger partial charge in [0, 0.05) is 24.3 Å². The van der Waals surface area contributed by atoms with Crippen molar-refractivity contribution in [3.8, 4) is 12.3 Å².